The zero-order chi connectivity index (χ0) is 12.1. The first-order chi connectivity index (χ1) is 8.28. The highest BCUT2D eigenvalue weighted by atomic mass is 14.9. The molecule has 2 rings (SSSR count). The number of hydrogen-bond acceptors (Lipinski definition) is 1. The Morgan fingerprint density at radius 2 is 1.29 bits per heavy atom. The van der Waals surface area contributed by atoms with Gasteiger partial charge in [0, 0.05) is 23.3 Å². The van der Waals surface area contributed by atoms with Crippen molar-refractivity contribution in [2.75, 3.05) is 0 Å². The third-order valence-electron chi connectivity index (χ3n) is 2.34. The van der Waals surface area contributed by atoms with E-state index < -0.39 is 0 Å². The zero-order valence-corrected chi connectivity index (χ0v) is 9.51. The molecule has 17 heavy (non-hydrogen) atoms. The predicted molar refractivity (Wildman–Crippen MR) is 64.8 cm³/mol. The van der Waals surface area contributed by atoms with Gasteiger partial charge in [0.2, 0.25) is 0 Å². The minimum Gasteiger partial charge on any atom is -0.208 e. The van der Waals surface area contributed by atoms with Crippen LogP contribution in [-0.4, -0.2) is 0 Å². The van der Waals surface area contributed by atoms with Crippen molar-refractivity contribution in [2.45, 2.75) is 0 Å². The van der Waals surface area contributed by atoms with E-state index in [9.17, 15) is 0 Å². The Morgan fingerprint density at radius 3 is 1.82 bits per heavy atom. The standard InChI is InChI=1S/C15H11N2/c1-17-10-8-14(9-11-17)3-2-13-4-6-15(12-16)7-5-13/h4-11H,1H3/q+1. The van der Waals surface area contributed by atoms with Crippen LogP contribution in [0.25, 0.3) is 0 Å². The summed E-state index contributed by atoms with van der Waals surface area (Å²) in [6.07, 6.45) is 3.92. The summed E-state index contributed by atoms with van der Waals surface area (Å²) in [5.74, 6) is 6.14. The van der Waals surface area contributed by atoms with Gasteiger partial charge in [0.05, 0.1) is 11.6 Å². The first kappa shape index (κ1) is 10.9. The maximum atomic E-state index is 8.67. The molecule has 0 radical (unpaired) electrons. The van der Waals surface area contributed by atoms with E-state index in [1.54, 1.807) is 12.1 Å². The normalized spacial score (nSPS) is 8.94. The SMILES string of the molecule is C[n+]1ccc(C#Cc2ccc(C#N)cc2)cc1. The van der Waals surface area contributed by atoms with Crippen LogP contribution in [0.4, 0.5) is 0 Å². The summed E-state index contributed by atoms with van der Waals surface area (Å²) in [6, 6.07) is 13.3. The molecular weight excluding hydrogens is 208 g/mol. The lowest BCUT2D eigenvalue weighted by atomic mass is 10.1. The van der Waals surface area contributed by atoms with E-state index in [4.69, 9.17) is 5.26 Å². The Balaban J connectivity index is 2.21. The van der Waals surface area contributed by atoms with E-state index >= 15 is 0 Å². The lowest BCUT2D eigenvalue weighted by Crippen LogP contribution is -2.25. The van der Waals surface area contributed by atoms with Gasteiger partial charge < -0.3 is 0 Å². The molecule has 1 heterocycles. The van der Waals surface area contributed by atoms with Gasteiger partial charge >= 0.3 is 0 Å². The van der Waals surface area contributed by atoms with Crippen LogP contribution in [0.3, 0.4) is 0 Å². The number of benzene rings is 1. The largest absolute Gasteiger partial charge is 0.208 e. The molecule has 2 aromatic rings. The van der Waals surface area contributed by atoms with Crippen molar-refractivity contribution < 1.29 is 4.57 Å². The molecule has 0 saturated heterocycles. The van der Waals surface area contributed by atoms with Gasteiger partial charge in [-0.1, -0.05) is 11.8 Å². The second kappa shape index (κ2) is 4.96. The van der Waals surface area contributed by atoms with Crippen molar-refractivity contribution >= 4 is 0 Å². The molecule has 1 aromatic carbocycles. The average molecular weight is 219 g/mol. The lowest BCUT2D eigenvalue weighted by molar-refractivity contribution is -0.671. The van der Waals surface area contributed by atoms with Crippen LogP contribution < -0.4 is 4.57 Å². The maximum Gasteiger partial charge on any atom is 0.169 e. The van der Waals surface area contributed by atoms with Crippen molar-refractivity contribution in [1.29, 1.82) is 5.26 Å². The highest BCUT2D eigenvalue weighted by Crippen LogP contribution is 2.02. The Hall–Kier alpha value is -2.58. The lowest BCUT2D eigenvalue weighted by Gasteiger charge is -1.90. The number of hydrogen-bond donors (Lipinski definition) is 0. The number of aryl methyl sites for hydroxylation is 1. The van der Waals surface area contributed by atoms with Crippen molar-refractivity contribution in [1.82, 2.24) is 0 Å². The molecule has 0 aliphatic heterocycles. The second-order valence-electron chi connectivity index (χ2n) is 3.69. The monoisotopic (exact) mass is 219 g/mol. The molecule has 0 amide bonds. The molecule has 1 aromatic heterocycles. The summed E-state index contributed by atoms with van der Waals surface area (Å²) in [6.45, 7) is 0. The number of nitrogens with zero attached hydrogens (tertiary/aromatic N) is 2. The Kier molecular flexibility index (Phi) is 3.19. The molecule has 2 nitrogen and oxygen atoms in total. The van der Waals surface area contributed by atoms with Crippen molar-refractivity contribution in [3.05, 3.63) is 65.5 Å². The third kappa shape index (κ3) is 2.93. The van der Waals surface area contributed by atoms with Gasteiger partial charge in [0.1, 0.15) is 7.05 Å². The highest BCUT2D eigenvalue weighted by Gasteiger charge is 1.92. The molecule has 0 unspecified atom stereocenters. The Labute approximate surface area is 101 Å². The van der Waals surface area contributed by atoms with E-state index in [0.29, 0.717) is 5.56 Å². The Morgan fingerprint density at radius 1 is 0.824 bits per heavy atom. The van der Waals surface area contributed by atoms with Crippen molar-refractivity contribution in [2.24, 2.45) is 7.05 Å². The number of nitriles is 1. The van der Waals surface area contributed by atoms with Gasteiger partial charge in [-0.25, -0.2) is 4.57 Å². The van der Waals surface area contributed by atoms with Crippen LogP contribution in [0.15, 0.2) is 48.8 Å². The van der Waals surface area contributed by atoms with Crippen LogP contribution in [-0.2, 0) is 7.05 Å². The van der Waals surface area contributed by atoms with E-state index in [2.05, 4.69) is 17.9 Å². The van der Waals surface area contributed by atoms with Crippen LogP contribution in [0.2, 0.25) is 0 Å². The van der Waals surface area contributed by atoms with Crippen molar-refractivity contribution in [3.63, 3.8) is 0 Å². The van der Waals surface area contributed by atoms with Gasteiger partial charge in [0.25, 0.3) is 0 Å². The van der Waals surface area contributed by atoms with Gasteiger partial charge in [-0.15, -0.1) is 0 Å². The summed E-state index contributed by atoms with van der Waals surface area (Å²) in [5.41, 5.74) is 2.55. The molecule has 0 saturated carbocycles. The fourth-order valence-corrected chi connectivity index (χ4v) is 1.36. The molecule has 0 bridgehead atoms. The summed E-state index contributed by atoms with van der Waals surface area (Å²) >= 11 is 0. The smallest absolute Gasteiger partial charge is 0.169 e. The molecule has 0 aliphatic rings. The molecule has 0 spiro atoms. The van der Waals surface area contributed by atoms with E-state index in [0.717, 1.165) is 11.1 Å². The van der Waals surface area contributed by atoms with E-state index in [1.807, 2.05) is 48.3 Å². The molecule has 80 valence electrons. The zero-order valence-electron chi connectivity index (χ0n) is 9.51. The average Bonchev–Trinajstić information content (AvgIpc) is 2.39. The summed E-state index contributed by atoms with van der Waals surface area (Å²) in [5, 5.41) is 8.67. The molecule has 0 atom stereocenters. The number of rotatable bonds is 0. The maximum absolute atomic E-state index is 8.67. The third-order valence-corrected chi connectivity index (χ3v) is 2.34. The molecule has 0 fully saturated rings. The second-order valence-corrected chi connectivity index (χ2v) is 3.69. The minimum atomic E-state index is 0.655. The first-order valence-corrected chi connectivity index (χ1v) is 5.25. The van der Waals surface area contributed by atoms with Gasteiger partial charge in [-0.2, -0.15) is 5.26 Å². The highest BCUT2D eigenvalue weighted by molar-refractivity contribution is 5.44. The summed E-state index contributed by atoms with van der Waals surface area (Å²) < 4.78 is 1.97. The predicted octanol–water partition coefficient (Wildman–Crippen LogP) is 1.78. The van der Waals surface area contributed by atoms with Crippen molar-refractivity contribution in [3.8, 4) is 17.9 Å². The van der Waals surface area contributed by atoms with Gasteiger partial charge in [-0.05, 0) is 24.3 Å². The summed E-state index contributed by atoms with van der Waals surface area (Å²) in [7, 11) is 1.97. The molecular formula is C15H11N2+. The van der Waals surface area contributed by atoms with Crippen LogP contribution in [0.1, 0.15) is 16.7 Å². The van der Waals surface area contributed by atoms with Gasteiger partial charge in [0.15, 0.2) is 12.4 Å². The molecule has 2 heteroatoms. The Bertz CT molecular complexity index is 605. The van der Waals surface area contributed by atoms with E-state index in [-0.39, 0.29) is 0 Å². The minimum absolute atomic E-state index is 0.655. The van der Waals surface area contributed by atoms with Crippen LogP contribution in [0, 0.1) is 23.2 Å². The molecule has 0 N–H and O–H groups in total. The fraction of sp³-hybridized carbons (Fsp3) is 0.0667. The van der Waals surface area contributed by atoms with Crippen LogP contribution in [0.5, 0.6) is 0 Å². The van der Waals surface area contributed by atoms with Gasteiger partial charge in [-0.3, -0.25) is 0 Å². The quantitative estimate of drug-likeness (QED) is 0.490. The number of aromatic nitrogens is 1. The van der Waals surface area contributed by atoms with Crippen LogP contribution >= 0.6 is 0 Å². The summed E-state index contributed by atoms with van der Waals surface area (Å²) in [4.78, 5) is 0. The molecule has 0 aliphatic carbocycles. The topological polar surface area (TPSA) is 27.7 Å². The fourth-order valence-electron chi connectivity index (χ4n) is 1.36. The van der Waals surface area contributed by atoms with E-state index in [1.165, 1.54) is 0 Å². The number of pyridine rings is 1. The first-order valence-electron chi connectivity index (χ1n) is 5.25.